The Hall–Kier alpha value is -0.330. The molecule has 1 rings (SSSR count). The van der Waals surface area contributed by atoms with Crippen molar-refractivity contribution in [2.45, 2.75) is 51.9 Å². The molecule has 1 fully saturated rings. The standard InChI is InChI=1S/C10H18O/c1-9-5-3-2-4-6-10(11)8-7-9/h9H,2-8H2,1H3. The molecular weight excluding hydrogens is 136 g/mol. The maximum Gasteiger partial charge on any atom is 0.132 e. The maximum atomic E-state index is 11.1. The van der Waals surface area contributed by atoms with E-state index in [1.807, 2.05) is 0 Å². The molecule has 0 aromatic rings. The Bertz CT molecular complexity index is 129. The number of hydrogen-bond acceptors (Lipinski definition) is 1. The van der Waals surface area contributed by atoms with Crippen LogP contribution in [0.2, 0.25) is 0 Å². The highest BCUT2D eigenvalue weighted by Crippen LogP contribution is 2.19. The van der Waals surface area contributed by atoms with E-state index in [2.05, 4.69) is 6.92 Å². The maximum absolute atomic E-state index is 11.1. The lowest BCUT2D eigenvalue weighted by Gasteiger charge is -2.06. The van der Waals surface area contributed by atoms with E-state index >= 15 is 0 Å². The molecule has 0 radical (unpaired) electrons. The van der Waals surface area contributed by atoms with Crippen LogP contribution in [0.4, 0.5) is 0 Å². The molecule has 1 aliphatic rings. The number of ketones is 1. The smallest absolute Gasteiger partial charge is 0.132 e. The van der Waals surface area contributed by atoms with Gasteiger partial charge < -0.3 is 0 Å². The summed E-state index contributed by atoms with van der Waals surface area (Å²) in [5.74, 6) is 1.26. The summed E-state index contributed by atoms with van der Waals surface area (Å²) in [4.78, 5) is 11.1. The quantitative estimate of drug-likeness (QED) is 0.524. The molecule has 0 aliphatic heterocycles. The molecule has 1 unspecified atom stereocenters. The van der Waals surface area contributed by atoms with E-state index in [1.165, 1.54) is 19.3 Å². The van der Waals surface area contributed by atoms with Crippen LogP contribution in [0.25, 0.3) is 0 Å². The van der Waals surface area contributed by atoms with Crippen LogP contribution in [0, 0.1) is 5.92 Å². The normalized spacial score (nSPS) is 28.8. The lowest BCUT2D eigenvalue weighted by atomic mass is 9.99. The summed E-state index contributed by atoms with van der Waals surface area (Å²) in [7, 11) is 0. The van der Waals surface area contributed by atoms with Gasteiger partial charge >= 0.3 is 0 Å². The second-order valence-corrected chi connectivity index (χ2v) is 3.78. The third-order valence-corrected chi connectivity index (χ3v) is 2.57. The second-order valence-electron chi connectivity index (χ2n) is 3.78. The van der Waals surface area contributed by atoms with Crippen molar-refractivity contribution in [3.05, 3.63) is 0 Å². The molecule has 11 heavy (non-hydrogen) atoms. The summed E-state index contributed by atoms with van der Waals surface area (Å²) < 4.78 is 0. The molecule has 0 bridgehead atoms. The molecule has 1 heteroatoms. The molecule has 64 valence electrons. The zero-order valence-electron chi connectivity index (χ0n) is 7.44. The van der Waals surface area contributed by atoms with Crippen LogP contribution in [-0.4, -0.2) is 5.78 Å². The molecule has 1 aliphatic carbocycles. The minimum absolute atomic E-state index is 0.485. The first-order valence-corrected chi connectivity index (χ1v) is 4.81. The topological polar surface area (TPSA) is 17.1 Å². The molecule has 1 nitrogen and oxygen atoms in total. The molecule has 1 atom stereocenters. The minimum Gasteiger partial charge on any atom is -0.300 e. The highest BCUT2D eigenvalue weighted by Gasteiger charge is 2.09. The van der Waals surface area contributed by atoms with Crippen LogP contribution >= 0.6 is 0 Å². The molecule has 0 heterocycles. The summed E-state index contributed by atoms with van der Waals surface area (Å²) in [6.07, 6.45) is 7.84. The Morgan fingerprint density at radius 3 is 2.73 bits per heavy atom. The van der Waals surface area contributed by atoms with Crippen LogP contribution in [0.5, 0.6) is 0 Å². The van der Waals surface area contributed by atoms with Crippen LogP contribution in [0.1, 0.15) is 51.9 Å². The van der Waals surface area contributed by atoms with Crippen molar-refractivity contribution in [2.24, 2.45) is 5.92 Å². The Kier molecular flexibility index (Phi) is 3.61. The zero-order valence-corrected chi connectivity index (χ0v) is 7.44. The minimum atomic E-state index is 0.485. The monoisotopic (exact) mass is 154 g/mol. The molecule has 0 amide bonds. The predicted molar refractivity (Wildman–Crippen MR) is 46.5 cm³/mol. The molecule has 0 aromatic heterocycles. The van der Waals surface area contributed by atoms with E-state index in [9.17, 15) is 4.79 Å². The van der Waals surface area contributed by atoms with Crippen LogP contribution in [-0.2, 0) is 4.79 Å². The Morgan fingerprint density at radius 2 is 1.91 bits per heavy atom. The van der Waals surface area contributed by atoms with E-state index < -0.39 is 0 Å². The second kappa shape index (κ2) is 4.53. The van der Waals surface area contributed by atoms with Crippen molar-refractivity contribution in [1.29, 1.82) is 0 Å². The lowest BCUT2D eigenvalue weighted by Crippen LogP contribution is -1.99. The summed E-state index contributed by atoms with van der Waals surface area (Å²) in [6.45, 7) is 2.26. The fraction of sp³-hybridized carbons (Fsp3) is 0.900. The lowest BCUT2D eigenvalue weighted by molar-refractivity contribution is -0.119. The number of carbonyl (C=O) groups is 1. The van der Waals surface area contributed by atoms with Crippen molar-refractivity contribution in [2.75, 3.05) is 0 Å². The third-order valence-electron chi connectivity index (χ3n) is 2.57. The summed E-state index contributed by atoms with van der Waals surface area (Å²) in [5.41, 5.74) is 0. The predicted octanol–water partition coefficient (Wildman–Crippen LogP) is 2.94. The van der Waals surface area contributed by atoms with Gasteiger partial charge in [-0.2, -0.15) is 0 Å². The Morgan fingerprint density at radius 1 is 1.09 bits per heavy atom. The molecular formula is C10H18O. The number of Topliss-reactive ketones (excluding diaryl/α,β-unsaturated/α-hetero) is 1. The third kappa shape index (κ3) is 3.54. The van der Waals surface area contributed by atoms with Crippen molar-refractivity contribution < 1.29 is 4.79 Å². The number of rotatable bonds is 0. The van der Waals surface area contributed by atoms with Gasteiger partial charge in [0.25, 0.3) is 0 Å². The highest BCUT2D eigenvalue weighted by molar-refractivity contribution is 5.78. The first kappa shape index (κ1) is 8.76. The average Bonchev–Trinajstić information content (AvgIpc) is 2.06. The van der Waals surface area contributed by atoms with Gasteiger partial charge in [0.15, 0.2) is 0 Å². The molecule has 0 N–H and O–H groups in total. The van der Waals surface area contributed by atoms with E-state index in [0.717, 1.165) is 31.6 Å². The number of carbonyl (C=O) groups excluding carboxylic acids is 1. The molecule has 0 saturated heterocycles. The van der Waals surface area contributed by atoms with E-state index in [0.29, 0.717) is 5.78 Å². The van der Waals surface area contributed by atoms with Crippen molar-refractivity contribution in [3.63, 3.8) is 0 Å². The van der Waals surface area contributed by atoms with E-state index in [4.69, 9.17) is 0 Å². The van der Waals surface area contributed by atoms with E-state index in [1.54, 1.807) is 0 Å². The SMILES string of the molecule is CC1CCCCCC(=O)CC1. The molecule has 0 spiro atoms. The van der Waals surface area contributed by atoms with Crippen LogP contribution in [0.3, 0.4) is 0 Å². The highest BCUT2D eigenvalue weighted by atomic mass is 16.1. The van der Waals surface area contributed by atoms with Gasteiger partial charge in [0, 0.05) is 12.8 Å². The van der Waals surface area contributed by atoms with Gasteiger partial charge in [-0.15, -0.1) is 0 Å². The fourth-order valence-corrected chi connectivity index (χ4v) is 1.67. The van der Waals surface area contributed by atoms with Gasteiger partial charge in [-0.05, 0) is 18.8 Å². The summed E-state index contributed by atoms with van der Waals surface area (Å²) in [5, 5.41) is 0. The fourth-order valence-electron chi connectivity index (χ4n) is 1.67. The summed E-state index contributed by atoms with van der Waals surface area (Å²) >= 11 is 0. The van der Waals surface area contributed by atoms with Gasteiger partial charge in [0.2, 0.25) is 0 Å². The zero-order chi connectivity index (χ0) is 8.10. The first-order valence-electron chi connectivity index (χ1n) is 4.81. The number of hydrogen-bond donors (Lipinski definition) is 0. The van der Waals surface area contributed by atoms with Gasteiger partial charge in [0.05, 0.1) is 0 Å². The van der Waals surface area contributed by atoms with Crippen molar-refractivity contribution in [3.8, 4) is 0 Å². The van der Waals surface area contributed by atoms with Crippen LogP contribution in [0.15, 0.2) is 0 Å². The van der Waals surface area contributed by atoms with Crippen LogP contribution < -0.4 is 0 Å². The van der Waals surface area contributed by atoms with Gasteiger partial charge in [-0.1, -0.05) is 26.2 Å². The molecule has 1 saturated carbocycles. The van der Waals surface area contributed by atoms with Gasteiger partial charge in [-0.3, -0.25) is 4.79 Å². The first-order chi connectivity index (χ1) is 5.29. The van der Waals surface area contributed by atoms with E-state index in [-0.39, 0.29) is 0 Å². The Balaban J connectivity index is 2.31. The van der Waals surface area contributed by atoms with Gasteiger partial charge in [0.1, 0.15) is 5.78 Å². The largest absolute Gasteiger partial charge is 0.300 e. The molecule has 0 aromatic carbocycles. The Labute approximate surface area is 69.2 Å². The average molecular weight is 154 g/mol. The summed E-state index contributed by atoms with van der Waals surface area (Å²) in [6, 6.07) is 0. The van der Waals surface area contributed by atoms with Crippen molar-refractivity contribution in [1.82, 2.24) is 0 Å². The van der Waals surface area contributed by atoms with Gasteiger partial charge in [-0.25, -0.2) is 0 Å². The van der Waals surface area contributed by atoms with Crippen molar-refractivity contribution >= 4 is 5.78 Å².